The van der Waals surface area contributed by atoms with Crippen molar-refractivity contribution in [1.29, 1.82) is 0 Å². The molecule has 0 saturated heterocycles. The van der Waals surface area contributed by atoms with Gasteiger partial charge in [-0.1, -0.05) is 20.8 Å². The molecule has 0 bridgehead atoms. The van der Waals surface area contributed by atoms with Crippen LogP contribution >= 0.6 is 0 Å². The third kappa shape index (κ3) is 3.34. The van der Waals surface area contributed by atoms with E-state index in [4.69, 9.17) is 0 Å². The number of benzene rings is 1. The van der Waals surface area contributed by atoms with E-state index in [2.05, 4.69) is 5.10 Å². The van der Waals surface area contributed by atoms with E-state index in [0.717, 1.165) is 24.3 Å². The quantitative estimate of drug-likeness (QED) is 0.648. The number of carbonyl (C=O) groups excluding carboxylic acids is 1. The van der Waals surface area contributed by atoms with Gasteiger partial charge in [0, 0.05) is 35.2 Å². The molecule has 0 saturated carbocycles. The van der Waals surface area contributed by atoms with Crippen molar-refractivity contribution in [3.63, 3.8) is 0 Å². The number of nitrogens with zero attached hydrogens (tertiary/aromatic N) is 3. The standard InChI is InChI=1S/C15H16F3N3O4/c1-13(2,3)11-8-14(23,15(16,17)18)20(19-11)12(22)9-4-6-10(7-5-9)21(24)25/h4-7,23H,8H2,1-3H3. The number of hydrazone groups is 1. The van der Waals surface area contributed by atoms with Crippen LogP contribution in [0.3, 0.4) is 0 Å². The Kier molecular flexibility index (Phi) is 4.37. The number of aliphatic hydroxyl groups is 1. The maximum Gasteiger partial charge on any atom is 0.438 e. The maximum atomic E-state index is 13.4. The maximum absolute atomic E-state index is 13.4. The molecular formula is C15H16F3N3O4. The lowest BCUT2D eigenvalue weighted by molar-refractivity contribution is -0.384. The summed E-state index contributed by atoms with van der Waals surface area (Å²) in [5, 5.41) is 24.5. The predicted octanol–water partition coefficient (Wildman–Crippen LogP) is 3.09. The molecule has 0 aliphatic carbocycles. The highest BCUT2D eigenvalue weighted by molar-refractivity contribution is 5.99. The van der Waals surface area contributed by atoms with Gasteiger partial charge in [-0.05, 0) is 12.1 Å². The van der Waals surface area contributed by atoms with Crippen molar-refractivity contribution in [3.8, 4) is 0 Å². The van der Waals surface area contributed by atoms with E-state index < -0.39 is 34.6 Å². The first-order valence-electron chi connectivity index (χ1n) is 7.23. The summed E-state index contributed by atoms with van der Waals surface area (Å²) in [7, 11) is 0. The first-order valence-corrected chi connectivity index (χ1v) is 7.23. The van der Waals surface area contributed by atoms with Gasteiger partial charge in [0.1, 0.15) is 0 Å². The lowest BCUT2D eigenvalue weighted by Gasteiger charge is -2.32. The largest absolute Gasteiger partial charge is 0.438 e. The number of nitro benzene ring substituents is 1. The highest BCUT2D eigenvalue weighted by atomic mass is 19.4. The van der Waals surface area contributed by atoms with Crippen molar-refractivity contribution >= 4 is 17.3 Å². The van der Waals surface area contributed by atoms with Crippen LogP contribution in [-0.2, 0) is 0 Å². The van der Waals surface area contributed by atoms with E-state index in [-0.39, 0.29) is 22.0 Å². The minimum Gasteiger partial charge on any atom is -0.362 e. The summed E-state index contributed by atoms with van der Waals surface area (Å²) in [4.78, 5) is 22.4. The van der Waals surface area contributed by atoms with Crippen molar-refractivity contribution in [2.75, 3.05) is 0 Å². The average molecular weight is 359 g/mol. The third-order valence-corrected chi connectivity index (χ3v) is 3.82. The van der Waals surface area contributed by atoms with E-state index in [1.807, 2.05) is 0 Å². The van der Waals surface area contributed by atoms with Crippen LogP contribution in [0.2, 0.25) is 0 Å². The summed E-state index contributed by atoms with van der Waals surface area (Å²) in [6.45, 7) is 4.84. The molecule has 1 aliphatic heterocycles. The molecule has 136 valence electrons. The Hall–Kier alpha value is -2.49. The Morgan fingerprint density at radius 2 is 1.80 bits per heavy atom. The van der Waals surface area contributed by atoms with Crippen molar-refractivity contribution in [1.82, 2.24) is 5.01 Å². The van der Waals surface area contributed by atoms with Crippen molar-refractivity contribution in [3.05, 3.63) is 39.9 Å². The van der Waals surface area contributed by atoms with Crippen LogP contribution in [0.15, 0.2) is 29.4 Å². The zero-order valence-electron chi connectivity index (χ0n) is 13.7. The molecule has 0 aromatic heterocycles. The van der Waals surface area contributed by atoms with Gasteiger partial charge in [-0.3, -0.25) is 14.9 Å². The number of halogens is 3. The fourth-order valence-corrected chi connectivity index (χ4v) is 2.24. The van der Waals surface area contributed by atoms with Crippen molar-refractivity contribution in [2.45, 2.75) is 39.1 Å². The molecule has 1 aromatic carbocycles. The molecule has 0 radical (unpaired) electrons. The molecule has 1 aliphatic rings. The van der Waals surface area contributed by atoms with Crippen LogP contribution in [0.25, 0.3) is 0 Å². The van der Waals surface area contributed by atoms with Crippen molar-refractivity contribution in [2.24, 2.45) is 10.5 Å². The van der Waals surface area contributed by atoms with Gasteiger partial charge in [0.05, 0.1) is 4.92 Å². The molecule has 7 nitrogen and oxygen atoms in total. The highest BCUT2D eigenvalue weighted by Gasteiger charge is 2.64. The first kappa shape index (κ1) is 18.8. The Balaban J connectivity index is 2.46. The van der Waals surface area contributed by atoms with E-state index >= 15 is 0 Å². The second kappa shape index (κ2) is 5.80. The van der Waals surface area contributed by atoms with Gasteiger partial charge in [-0.25, -0.2) is 0 Å². The van der Waals surface area contributed by atoms with Crippen molar-refractivity contribution < 1.29 is 28.0 Å². The molecule has 1 atom stereocenters. The second-order valence-corrected chi connectivity index (χ2v) is 6.71. The summed E-state index contributed by atoms with van der Waals surface area (Å²) in [6.07, 6.45) is -5.99. The fraction of sp³-hybridized carbons (Fsp3) is 0.467. The zero-order valence-corrected chi connectivity index (χ0v) is 13.7. The summed E-state index contributed by atoms with van der Waals surface area (Å²) >= 11 is 0. The number of carbonyl (C=O) groups is 1. The van der Waals surface area contributed by atoms with Crippen LogP contribution in [0.1, 0.15) is 37.6 Å². The number of hydrogen-bond acceptors (Lipinski definition) is 5. The number of rotatable bonds is 2. The minimum absolute atomic E-state index is 0.00868. The number of non-ortho nitro benzene ring substituents is 1. The Morgan fingerprint density at radius 3 is 2.20 bits per heavy atom. The van der Waals surface area contributed by atoms with E-state index in [1.165, 1.54) is 0 Å². The molecule has 2 rings (SSSR count). The van der Waals surface area contributed by atoms with Gasteiger partial charge in [-0.2, -0.15) is 23.3 Å². The fourth-order valence-electron chi connectivity index (χ4n) is 2.24. The third-order valence-electron chi connectivity index (χ3n) is 3.82. The van der Waals surface area contributed by atoms with Gasteiger partial charge in [0.25, 0.3) is 17.3 Å². The first-order chi connectivity index (χ1) is 11.3. The second-order valence-electron chi connectivity index (χ2n) is 6.71. The SMILES string of the molecule is CC(C)(C)C1=NN(C(=O)c2ccc([N+](=O)[O-])cc2)C(O)(C(F)(F)F)C1. The Morgan fingerprint density at radius 1 is 1.28 bits per heavy atom. The predicted molar refractivity (Wildman–Crippen MR) is 81.8 cm³/mol. The van der Waals surface area contributed by atoms with Gasteiger partial charge < -0.3 is 5.11 Å². The number of nitro groups is 1. The molecule has 1 aromatic rings. The molecule has 10 heteroatoms. The Bertz CT molecular complexity index is 738. The zero-order chi connectivity index (χ0) is 19.2. The monoisotopic (exact) mass is 359 g/mol. The van der Waals surface area contributed by atoms with E-state index in [9.17, 15) is 33.2 Å². The smallest absolute Gasteiger partial charge is 0.362 e. The number of alkyl halides is 3. The van der Waals surface area contributed by atoms with Gasteiger partial charge in [0.15, 0.2) is 0 Å². The summed E-state index contributed by atoms with van der Waals surface area (Å²) in [6, 6.07) is 4.01. The molecular weight excluding hydrogens is 343 g/mol. The van der Waals surface area contributed by atoms with Crippen LogP contribution < -0.4 is 0 Å². The Labute approximate surface area is 140 Å². The number of hydrogen-bond donors (Lipinski definition) is 1. The van der Waals surface area contributed by atoms with Crippen LogP contribution in [0.4, 0.5) is 18.9 Å². The summed E-state index contributed by atoms with van der Waals surface area (Å²) in [5.74, 6) is -1.20. The van der Waals surface area contributed by atoms with Gasteiger partial charge in [0.2, 0.25) is 0 Å². The lowest BCUT2D eigenvalue weighted by atomic mass is 9.86. The molecule has 25 heavy (non-hydrogen) atoms. The molecule has 1 heterocycles. The molecule has 1 amide bonds. The topological polar surface area (TPSA) is 96.0 Å². The van der Waals surface area contributed by atoms with Crippen LogP contribution in [0.5, 0.6) is 0 Å². The molecule has 0 spiro atoms. The average Bonchev–Trinajstić information content (AvgIpc) is 2.85. The molecule has 1 N–H and O–H groups in total. The van der Waals surface area contributed by atoms with E-state index in [1.54, 1.807) is 20.8 Å². The summed E-state index contributed by atoms with van der Waals surface area (Å²) in [5.41, 5.74) is -4.81. The van der Waals surface area contributed by atoms with E-state index in [0.29, 0.717) is 0 Å². The lowest BCUT2D eigenvalue weighted by Crippen LogP contribution is -2.56. The van der Waals surface area contributed by atoms with Gasteiger partial charge >= 0.3 is 6.18 Å². The minimum atomic E-state index is -5.13. The van der Waals surface area contributed by atoms with Crippen LogP contribution in [-0.4, -0.2) is 38.6 Å². The van der Waals surface area contributed by atoms with Gasteiger partial charge in [-0.15, -0.1) is 0 Å². The number of amides is 1. The summed E-state index contributed by atoms with van der Waals surface area (Å²) < 4.78 is 40.2. The van der Waals surface area contributed by atoms with Crippen LogP contribution in [0, 0.1) is 15.5 Å². The molecule has 0 fully saturated rings. The normalized spacial score (nSPS) is 21.2. The highest BCUT2D eigenvalue weighted by Crippen LogP contribution is 2.43. The molecule has 1 unspecified atom stereocenters.